The highest BCUT2D eigenvalue weighted by atomic mass is 16.2. The van der Waals surface area contributed by atoms with Gasteiger partial charge < -0.3 is 10.2 Å². The first-order valence-corrected chi connectivity index (χ1v) is 10.5. The number of aromatic nitrogens is 5. The van der Waals surface area contributed by atoms with Gasteiger partial charge in [-0.2, -0.15) is 10.2 Å². The average Bonchev–Trinajstić information content (AvgIpc) is 3.38. The van der Waals surface area contributed by atoms with Crippen molar-refractivity contribution in [2.75, 3.05) is 18.0 Å². The summed E-state index contributed by atoms with van der Waals surface area (Å²) < 4.78 is 3.61. The summed E-state index contributed by atoms with van der Waals surface area (Å²) in [6.07, 6.45) is 8.36. The molecule has 31 heavy (non-hydrogen) atoms. The Balaban J connectivity index is 1.23. The number of benzene rings is 1. The lowest BCUT2D eigenvalue weighted by molar-refractivity contribution is -0.125. The van der Waals surface area contributed by atoms with E-state index in [-0.39, 0.29) is 11.8 Å². The molecule has 1 amide bonds. The molecule has 1 aliphatic rings. The number of anilines is 1. The lowest BCUT2D eigenvalue weighted by Gasteiger charge is -2.39. The zero-order chi connectivity index (χ0) is 21.4. The first kappa shape index (κ1) is 19.3. The highest BCUT2D eigenvalue weighted by Crippen LogP contribution is 2.30. The lowest BCUT2D eigenvalue weighted by atomic mass is 9.99. The standard InChI is InChI=1S/C23H25N7O/c1-3-16-4-6-17(7-5-16)9-24-23(31)20-12-29(13-20)22-21-8-18(14-30(21)27-15-25-22)19-10-26-28(2)11-19/h4-8,10-11,14-15,20H,3,9,12-13H2,1-2H3,(H,24,31). The minimum atomic E-state index is -0.0299. The zero-order valence-electron chi connectivity index (χ0n) is 17.7. The Morgan fingerprint density at radius 3 is 2.58 bits per heavy atom. The van der Waals surface area contributed by atoms with Crippen LogP contribution in [0.4, 0.5) is 5.82 Å². The van der Waals surface area contributed by atoms with Gasteiger partial charge in [-0.15, -0.1) is 0 Å². The van der Waals surface area contributed by atoms with Crippen molar-refractivity contribution in [3.05, 3.63) is 66.4 Å². The van der Waals surface area contributed by atoms with E-state index in [0.717, 1.165) is 34.4 Å². The summed E-state index contributed by atoms with van der Waals surface area (Å²) in [5.41, 5.74) is 5.43. The average molecular weight is 416 g/mol. The zero-order valence-corrected chi connectivity index (χ0v) is 17.7. The van der Waals surface area contributed by atoms with Crippen LogP contribution >= 0.6 is 0 Å². The van der Waals surface area contributed by atoms with Crippen LogP contribution in [0.2, 0.25) is 0 Å². The van der Waals surface area contributed by atoms with E-state index in [0.29, 0.717) is 19.6 Å². The van der Waals surface area contributed by atoms with Crippen molar-refractivity contribution in [3.63, 3.8) is 0 Å². The molecule has 0 aliphatic carbocycles. The van der Waals surface area contributed by atoms with Gasteiger partial charge in [0.2, 0.25) is 5.91 Å². The van der Waals surface area contributed by atoms with Gasteiger partial charge in [-0.05, 0) is 23.6 Å². The fraction of sp³-hybridized carbons (Fsp3) is 0.304. The van der Waals surface area contributed by atoms with Gasteiger partial charge >= 0.3 is 0 Å². The predicted molar refractivity (Wildman–Crippen MR) is 119 cm³/mol. The molecule has 4 aromatic rings. The molecule has 0 bridgehead atoms. The first-order valence-electron chi connectivity index (χ1n) is 10.5. The van der Waals surface area contributed by atoms with Crippen LogP contribution in [0, 0.1) is 5.92 Å². The monoisotopic (exact) mass is 415 g/mol. The molecule has 0 unspecified atom stereocenters. The highest BCUT2D eigenvalue weighted by Gasteiger charge is 2.34. The second-order valence-electron chi connectivity index (χ2n) is 8.03. The maximum atomic E-state index is 12.6. The molecule has 8 heteroatoms. The molecule has 4 heterocycles. The Bertz CT molecular complexity index is 1220. The summed E-state index contributed by atoms with van der Waals surface area (Å²) in [4.78, 5) is 19.2. The van der Waals surface area contributed by atoms with Crippen LogP contribution < -0.4 is 10.2 Å². The van der Waals surface area contributed by atoms with Crippen LogP contribution in [0.15, 0.2) is 55.2 Å². The molecule has 1 aromatic carbocycles. The second-order valence-corrected chi connectivity index (χ2v) is 8.03. The van der Waals surface area contributed by atoms with Crippen molar-refractivity contribution in [1.29, 1.82) is 0 Å². The molecular weight excluding hydrogens is 390 g/mol. The molecule has 5 rings (SSSR count). The van der Waals surface area contributed by atoms with Crippen LogP contribution in [-0.4, -0.2) is 43.4 Å². The Hall–Kier alpha value is -3.68. The molecule has 0 spiro atoms. The molecule has 1 saturated heterocycles. The number of nitrogens with zero attached hydrogens (tertiary/aromatic N) is 6. The molecule has 1 aliphatic heterocycles. The molecular formula is C23H25N7O. The van der Waals surface area contributed by atoms with Crippen molar-refractivity contribution in [1.82, 2.24) is 29.7 Å². The third-order valence-electron chi connectivity index (χ3n) is 5.87. The summed E-state index contributed by atoms with van der Waals surface area (Å²) in [6, 6.07) is 10.5. The highest BCUT2D eigenvalue weighted by molar-refractivity contribution is 5.84. The smallest absolute Gasteiger partial charge is 0.226 e. The summed E-state index contributed by atoms with van der Waals surface area (Å²) >= 11 is 0. The number of hydrogen-bond acceptors (Lipinski definition) is 5. The maximum Gasteiger partial charge on any atom is 0.226 e. The summed E-state index contributed by atoms with van der Waals surface area (Å²) in [5, 5.41) is 11.6. The van der Waals surface area contributed by atoms with E-state index in [9.17, 15) is 4.79 Å². The van der Waals surface area contributed by atoms with E-state index in [2.05, 4.69) is 62.7 Å². The quantitative estimate of drug-likeness (QED) is 0.523. The van der Waals surface area contributed by atoms with Crippen molar-refractivity contribution in [2.45, 2.75) is 19.9 Å². The molecule has 0 radical (unpaired) electrons. The number of fused-ring (bicyclic) bond motifs is 1. The normalized spacial score (nSPS) is 14.1. The van der Waals surface area contributed by atoms with Crippen LogP contribution in [0.1, 0.15) is 18.1 Å². The Labute approximate surface area is 180 Å². The van der Waals surface area contributed by atoms with Gasteiger partial charge in [0, 0.05) is 50.2 Å². The largest absolute Gasteiger partial charge is 0.353 e. The lowest BCUT2D eigenvalue weighted by Crippen LogP contribution is -2.54. The molecule has 1 N–H and O–H groups in total. The third-order valence-corrected chi connectivity index (χ3v) is 5.87. The number of amides is 1. The van der Waals surface area contributed by atoms with Crippen LogP contribution in [0.25, 0.3) is 16.6 Å². The van der Waals surface area contributed by atoms with Crippen LogP contribution in [0.5, 0.6) is 0 Å². The molecule has 3 aromatic heterocycles. The van der Waals surface area contributed by atoms with E-state index >= 15 is 0 Å². The summed E-state index contributed by atoms with van der Waals surface area (Å²) in [7, 11) is 1.90. The maximum absolute atomic E-state index is 12.6. The van der Waals surface area contributed by atoms with E-state index in [1.807, 2.05) is 30.2 Å². The van der Waals surface area contributed by atoms with Crippen molar-refractivity contribution in [3.8, 4) is 11.1 Å². The Morgan fingerprint density at radius 1 is 1.10 bits per heavy atom. The third kappa shape index (κ3) is 3.76. The minimum Gasteiger partial charge on any atom is -0.353 e. The molecule has 1 fully saturated rings. The van der Waals surface area contributed by atoms with Gasteiger partial charge in [0.05, 0.1) is 12.1 Å². The SMILES string of the molecule is CCc1ccc(CNC(=O)C2CN(c3ncnn4cc(-c5cnn(C)c5)cc34)C2)cc1. The number of carbonyl (C=O) groups excluding carboxylic acids is 1. The van der Waals surface area contributed by atoms with Gasteiger partial charge in [0.15, 0.2) is 5.82 Å². The van der Waals surface area contributed by atoms with Gasteiger partial charge in [-0.25, -0.2) is 9.50 Å². The fourth-order valence-corrected chi connectivity index (χ4v) is 3.93. The number of aryl methyl sites for hydroxylation is 2. The minimum absolute atomic E-state index is 0.0299. The van der Waals surface area contributed by atoms with Crippen LogP contribution in [-0.2, 0) is 24.8 Å². The molecule has 0 atom stereocenters. The van der Waals surface area contributed by atoms with E-state index in [1.165, 1.54) is 5.56 Å². The molecule has 158 valence electrons. The fourth-order valence-electron chi connectivity index (χ4n) is 3.93. The Morgan fingerprint density at radius 2 is 1.87 bits per heavy atom. The number of carbonyl (C=O) groups is 1. The number of nitrogens with one attached hydrogen (secondary N) is 1. The van der Waals surface area contributed by atoms with Gasteiger partial charge in [0.1, 0.15) is 11.8 Å². The molecule has 8 nitrogen and oxygen atoms in total. The number of rotatable bonds is 6. The predicted octanol–water partition coefficient (Wildman–Crippen LogP) is 2.44. The van der Waals surface area contributed by atoms with E-state index < -0.39 is 0 Å². The van der Waals surface area contributed by atoms with Gasteiger partial charge in [-0.1, -0.05) is 31.2 Å². The van der Waals surface area contributed by atoms with E-state index in [1.54, 1.807) is 11.0 Å². The van der Waals surface area contributed by atoms with Crippen molar-refractivity contribution < 1.29 is 4.79 Å². The topological polar surface area (TPSA) is 80.3 Å². The van der Waals surface area contributed by atoms with Gasteiger partial charge in [-0.3, -0.25) is 9.48 Å². The number of hydrogen-bond donors (Lipinski definition) is 1. The summed E-state index contributed by atoms with van der Waals surface area (Å²) in [5.74, 6) is 0.911. The van der Waals surface area contributed by atoms with E-state index in [4.69, 9.17) is 0 Å². The van der Waals surface area contributed by atoms with Gasteiger partial charge in [0.25, 0.3) is 0 Å². The van der Waals surface area contributed by atoms with Crippen molar-refractivity contribution in [2.24, 2.45) is 13.0 Å². The van der Waals surface area contributed by atoms with Crippen molar-refractivity contribution >= 4 is 17.2 Å². The Kier molecular flexibility index (Phi) is 4.89. The summed E-state index contributed by atoms with van der Waals surface area (Å²) in [6.45, 7) is 4.00. The first-order chi connectivity index (χ1) is 15.1. The second kappa shape index (κ2) is 7.86. The van der Waals surface area contributed by atoms with Crippen LogP contribution in [0.3, 0.4) is 0 Å². The molecule has 0 saturated carbocycles.